The standard InChI is InChI=1S/C18H23NO3/c1-10-3-4-11-9-13-18(21)6-5-12(20)16-17(18,7-8-19(13)2)14(11)15(10)22-16/h3-4,12-13,16,20-21H,5-9H2,1-2H3/t12?,13-,16+,17+,18-/m1/s1. The number of likely N-dealkylation sites (tertiary alicyclic amines) is 1. The van der Waals surface area contributed by atoms with Gasteiger partial charge in [0.05, 0.1) is 17.1 Å². The topological polar surface area (TPSA) is 52.9 Å². The first-order chi connectivity index (χ1) is 10.5. The van der Waals surface area contributed by atoms with Crippen LogP contribution in [0.5, 0.6) is 5.75 Å². The summed E-state index contributed by atoms with van der Waals surface area (Å²) in [6, 6.07) is 4.45. The van der Waals surface area contributed by atoms with Gasteiger partial charge in [-0.15, -0.1) is 0 Å². The molecule has 22 heavy (non-hydrogen) atoms. The second kappa shape index (κ2) is 3.86. The average Bonchev–Trinajstić information content (AvgIpc) is 2.85. The van der Waals surface area contributed by atoms with E-state index in [2.05, 4.69) is 31.0 Å². The first kappa shape index (κ1) is 13.3. The Labute approximate surface area is 130 Å². The highest BCUT2D eigenvalue weighted by molar-refractivity contribution is 5.60. The Hall–Kier alpha value is -1.10. The number of piperidine rings is 1. The molecule has 5 atom stereocenters. The SMILES string of the molecule is Cc1ccc2c3c1O[C@H]1C(O)CC[C@@]4(O)[C@@H](C2)N(C)CC[C@]314. The van der Waals surface area contributed by atoms with Gasteiger partial charge < -0.3 is 19.8 Å². The minimum Gasteiger partial charge on any atom is -0.486 e. The van der Waals surface area contributed by atoms with E-state index in [4.69, 9.17) is 4.74 Å². The van der Waals surface area contributed by atoms with Gasteiger partial charge in [-0.05, 0) is 57.3 Å². The lowest BCUT2D eigenvalue weighted by Gasteiger charge is -2.63. The van der Waals surface area contributed by atoms with E-state index in [-0.39, 0.29) is 12.1 Å². The number of aliphatic hydroxyl groups is 2. The van der Waals surface area contributed by atoms with Crippen molar-refractivity contribution >= 4 is 0 Å². The molecule has 2 heterocycles. The predicted octanol–water partition coefficient (Wildman–Crippen LogP) is 1.14. The molecule has 1 aromatic rings. The third-order valence-electron chi connectivity index (χ3n) is 6.92. The summed E-state index contributed by atoms with van der Waals surface area (Å²) in [6.45, 7) is 3.02. The molecule has 0 radical (unpaired) electrons. The van der Waals surface area contributed by atoms with E-state index >= 15 is 0 Å². The van der Waals surface area contributed by atoms with E-state index in [1.54, 1.807) is 0 Å². The number of aliphatic hydroxyl groups excluding tert-OH is 1. The van der Waals surface area contributed by atoms with Crippen molar-refractivity contribution in [3.8, 4) is 5.75 Å². The van der Waals surface area contributed by atoms with Gasteiger partial charge in [-0.1, -0.05) is 12.1 Å². The minimum atomic E-state index is -0.782. The molecule has 4 heteroatoms. The van der Waals surface area contributed by atoms with Gasteiger partial charge in [-0.3, -0.25) is 0 Å². The van der Waals surface area contributed by atoms with Crippen molar-refractivity contribution < 1.29 is 14.9 Å². The normalized spacial score (nSPS) is 45.4. The fraction of sp³-hybridized carbons (Fsp3) is 0.667. The summed E-state index contributed by atoms with van der Waals surface area (Å²) in [7, 11) is 2.12. The molecule has 2 bridgehead atoms. The molecule has 4 aliphatic rings. The Balaban J connectivity index is 1.86. The predicted molar refractivity (Wildman–Crippen MR) is 82.2 cm³/mol. The van der Waals surface area contributed by atoms with Gasteiger partial charge in [0.2, 0.25) is 0 Å². The first-order valence-electron chi connectivity index (χ1n) is 8.39. The molecule has 2 aliphatic carbocycles. The number of rotatable bonds is 0. The van der Waals surface area contributed by atoms with Crippen molar-refractivity contribution in [1.29, 1.82) is 0 Å². The Morgan fingerprint density at radius 2 is 2.14 bits per heavy atom. The molecule has 2 aliphatic heterocycles. The highest BCUT2D eigenvalue weighted by Crippen LogP contribution is 2.64. The molecule has 118 valence electrons. The molecule has 0 amide bonds. The molecular formula is C18H23NO3. The molecule has 0 aromatic heterocycles. The minimum absolute atomic E-state index is 0.126. The molecule has 5 rings (SSSR count). The van der Waals surface area contributed by atoms with Crippen LogP contribution in [0.2, 0.25) is 0 Å². The van der Waals surface area contributed by atoms with Crippen molar-refractivity contribution in [1.82, 2.24) is 4.90 Å². The van der Waals surface area contributed by atoms with Crippen LogP contribution >= 0.6 is 0 Å². The second-order valence-electron chi connectivity index (χ2n) is 7.74. The Morgan fingerprint density at radius 3 is 2.95 bits per heavy atom. The zero-order valence-electron chi connectivity index (χ0n) is 13.2. The van der Waals surface area contributed by atoms with Crippen LogP contribution in [0.3, 0.4) is 0 Å². The number of aryl methyl sites for hydroxylation is 1. The highest BCUT2D eigenvalue weighted by Gasteiger charge is 2.72. The monoisotopic (exact) mass is 301 g/mol. The number of hydrogen-bond acceptors (Lipinski definition) is 4. The second-order valence-corrected chi connectivity index (χ2v) is 7.74. The molecule has 1 spiro atoms. The van der Waals surface area contributed by atoms with Crippen molar-refractivity contribution in [2.45, 2.75) is 61.9 Å². The Morgan fingerprint density at radius 1 is 1.32 bits per heavy atom. The number of hydrogen-bond donors (Lipinski definition) is 2. The molecule has 2 N–H and O–H groups in total. The van der Waals surface area contributed by atoms with Crippen LogP contribution in [0.25, 0.3) is 0 Å². The average molecular weight is 301 g/mol. The molecule has 1 saturated heterocycles. The Kier molecular flexibility index (Phi) is 2.34. The maximum atomic E-state index is 11.8. The van der Waals surface area contributed by atoms with Gasteiger partial charge in [0, 0.05) is 11.6 Å². The quantitative estimate of drug-likeness (QED) is 0.754. The lowest BCUT2D eigenvalue weighted by molar-refractivity contribution is -0.204. The largest absolute Gasteiger partial charge is 0.486 e. The molecular weight excluding hydrogens is 278 g/mol. The molecule has 1 saturated carbocycles. The molecule has 4 nitrogen and oxygen atoms in total. The molecule has 1 aromatic carbocycles. The fourth-order valence-electron chi connectivity index (χ4n) is 5.87. The van der Waals surface area contributed by atoms with Crippen LogP contribution < -0.4 is 4.74 Å². The maximum Gasteiger partial charge on any atom is 0.137 e. The zero-order chi connectivity index (χ0) is 15.3. The number of nitrogens with zero attached hydrogens (tertiary/aromatic N) is 1. The van der Waals surface area contributed by atoms with Crippen LogP contribution in [-0.2, 0) is 11.8 Å². The lowest BCUT2D eigenvalue weighted by atomic mass is 9.48. The van der Waals surface area contributed by atoms with Crippen molar-refractivity contribution in [2.75, 3.05) is 13.6 Å². The number of benzene rings is 1. The summed E-state index contributed by atoms with van der Waals surface area (Å²) in [5.41, 5.74) is 2.43. The summed E-state index contributed by atoms with van der Waals surface area (Å²) >= 11 is 0. The summed E-state index contributed by atoms with van der Waals surface area (Å²) in [5, 5.41) is 22.4. The lowest BCUT2D eigenvalue weighted by Crippen LogP contribution is -2.76. The van der Waals surface area contributed by atoms with Crippen LogP contribution in [0.4, 0.5) is 0 Å². The van der Waals surface area contributed by atoms with Gasteiger partial charge in [0.15, 0.2) is 0 Å². The van der Waals surface area contributed by atoms with Gasteiger partial charge in [0.25, 0.3) is 0 Å². The van der Waals surface area contributed by atoms with Gasteiger partial charge in [0.1, 0.15) is 11.9 Å². The molecule has 2 fully saturated rings. The van der Waals surface area contributed by atoms with E-state index in [0.717, 1.165) is 30.7 Å². The Bertz CT molecular complexity index is 675. The van der Waals surface area contributed by atoms with Crippen molar-refractivity contribution in [3.05, 3.63) is 28.8 Å². The van der Waals surface area contributed by atoms with Crippen LogP contribution in [0.1, 0.15) is 36.0 Å². The maximum absolute atomic E-state index is 11.8. The third-order valence-corrected chi connectivity index (χ3v) is 6.92. The van der Waals surface area contributed by atoms with Gasteiger partial charge in [-0.2, -0.15) is 0 Å². The highest BCUT2D eigenvalue weighted by atomic mass is 16.5. The molecule has 1 unspecified atom stereocenters. The van der Waals surface area contributed by atoms with Crippen LogP contribution in [0, 0.1) is 6.92 Å². The van der Waals surface area contributed by atoms with Crippen LogP contribution in [0.15, 0.2) is 12.1 Å². The van der Waals surface area contributed by atoms with Crippen molar-refractivity contribution in [2.24, 2.45) is 0 Å². The zero-order valence-corrected chi connectivity index (χ0v) is 13.2. The van der Waals surface area contributed by atoms with Crippen molar-refractivity contribution in [3.63, 3.8) is 0 Å². The van der Waals surface area contributed by atoms with E-state index in [9.17, 15) is 10.2 Å². The summed E-state index contributed by atoms with van der Waals surface area (Å²) < 4.78 is 6.29. The van der Waals surface area contributed by atoms with E-state index in [1.165, 1.54) is 11.1 Å². The van der Waals surface area contributed by atoms with Crippen LogP contribution in [-0.4, -0.2) is 52.6 Å². The summed E-state index contributed by atoms with van der Waals surface area (Å²) in [5.74, 6) is 0.935. The van der Waals surface area contributed by atoms with Gasteiger partial charge in [-0.25, -0.2) is 0 Å². The summed E-state index contributed by atoms with van der Waals surface area (Å²) in [4.78, 5) is 2.31. The van der Waals surface area contributed by atoms with E-state index in [1.807, 2.05) is 0 Å². The smallest absolute Gasteiger partial charge is 0.137 e. The number of ether oxygens (including phenoxy) is 1. The third kappa shape index (κ3) is 1.20. The first-order valence-corrected chi connectivity index (χ1v) is 8.39. The van der Waals surface area contributed by atoms with E-state index < -0.39 is 17.1 Å². The number of likely N-dealkylation sites (N-methyl/N-ethyl adjacent to an activating group) is 1. The summed E-state index contributed by atoms with van der Waals surface area (Å²) in [6.07, 6.45) is 2.25. The van der Waals surface area contributed by atoms with E-state index in [0.29, 0.717) is 12.8 Å². The fourth-order valence-corrected chi connectivity index (χ4v) is 5.87. The van der Waals surface area contributed by atoms with Gasteiger partial charge >= 0.3 is 0 Å².